The lowest BCUT2D eigenvalue weighted by Gasteiger charge is -2.04. The molecule has 2 heterocycles. The molecule has 0 spiro atoms. The van der Waals surface area contributed by atoms with Crippen LogP contribution >= 0.6 is 11.6 Å². The van der Waals surface area contributed by atoms with Gasteiger partial charge in [-0.05, 0) is 29.8 Å². The quantitative estimate of drug-likeness (QED) is 0.755. The first kappa shape index (κ1) is 14.5. The number of fused-ring (bicyclic) bond motifs is 1. The number of aryl methyl sites for hydroxylation is 1. The average molecular weight is 319 g/mol. The minimum absolute atomic E-state index is 0.221. The van der Waals surface area contributed by atoms with Crippen molar-refractivity contribution in [3.63, 3.8) is 0 Å². The van der Waals surface area contributed by atoms with E-state index in [1.807, 2.05) is 12.1 Å². The summed E-state index contributed by atoms with van der Waals surface area (Å²) in [6.45, 7) is 0.350. The van der Waals surface area contributed by atoms with Gasteiger partial charge in [-0.1, -0.05) is 23.7 Å². The minimum Gasteiger partial charge on any atom is -0.347 e. The SMILES string of the molecule is Cn1nc(C(=O)NCc2ccc(Cl)cc2)c2ccc(F)nc21. The van der Waals surface area contributed by atoms with E-state index in [-0.39, 0.29) is 11.6 Å². The molecule has 0 aliphatic carbocycles. The Kier molecular flexibility index (Phi) is 3.77. The highest BCUT2D eigenvalue weighted by Gasteiger charge is 2.17. The number of aromatic nitrogens is 3. The van der Waals surface area contributed by atoms with E-state index in [9.17, 15) is 9.18 Å². The summed E-state index contributed by atoms with van der Waals surface area (Å²) in [6, 6.07) is 9.88. The Morgan fingerprint density at radius 2 is 2.00 bits per heavy atom. The molecule has 7 heteroatoms. The number of amides is 1. The van der Waals surface area contributed by atoms with Crippen LogP contribution in [-0.2, 0) is 13.6 Å². The van der Waals surface area contributed by atoms with Crippen molar-refractivity contribution in [3.05, 3.63) is 58.6 Å². The van der Waals surface area contributed by atoms with Gasteiger partial charge in [0, 0.05) is 18.6 Å². The first-order valence-electron chi connectivity index (χ1n) is 6.56. The van der Waals surface area contributed by atoms with Crippen LogP contribution in [0.3, 0.4) is 0 Å². The molecule has 2 aromatic heterocycles. The van der Waals surface area contributed by atoms with Gasteiger partial charge in [-0.15, -0.1) is 0 Å². The summed E-state index contributed by atoms with van der Waals surface area (Å²) < 4.78 is 14.5. The fourth-order valence-corrected chi connectivity index (χ4v) is 2.27. The summed E-state index contributed by atoms with van der Waals surface area (Å²) >= 11 is 5.81. The van der Waals surface area contributed by atoms with Crippen molar-refractivity contribution in [2.24, 2.45) is 7.05 Å². The molecule has 0 saturated heterocycles. The second-order valence-corrected chi connectivity index (χ2v) is 5.22. The molecule has 1 N–H and O–H groups in total. The molecular formula is C15H12ClFN4O. The minimum atomic E-state index is -0.608. The highest BCUT2D eigenvalue weighted by molar-refractivity contribution is 6.30. The Morgan fingerprint density at radius 1 is 1.27 bits per heavy atom. The van der Waals surface area contributed by atoms with Crippen molar-refractivity contribution < 1.29 is 9.18 Å². The van der Waals surface area contributed by atoms with E-state index < -0.39 is 5.95 Å². The molecule has 3 rings (SSSR count). The van der Waals surface area contributed by atoms with Crippen molar-refractivity contribution in [1.29, 1.82) is 0 Å². The normalized spacial score (nSPS) is 10.9. The highest BCUT2D eigenvalue weighted by Crippen LogP contribution is 2.16. The monoisotopic (exact) mass is 318 g/mol. The van der Waals surface area contributed by atoms with Crippen molar-refractivity contribution in [1.82, 2.24) is 20.1 Å². The van der Waals surface area contributed by atoms with E-state index in [1.54, 1.807) is 19.2 Å². The number of nitrogens with zero attached hydrogens (tertiary/aromatic N) is 3. The number of nitrogens with one attached hydrogen (secondary N) is 1. The van der Waals surface area contributed by atoms with Crippen LogP contribution in [0.25, 0.3) is 11.0 Å². The van der Waals surface area contributed by atoms with Crippen LogP contribution in [0.2, 0.25) is 5.02 Å². The predicted octanol–water partition coefficient (Wildman–Crippen LogP) is 2.69. The molecule has 0 atom stereocenters. The first-order valence-corrected chi connectivity index (χ1v) is 6.94. The lowest BCUT2D eigenvalue weighted by Crippen LogP contribution is -2.23. The summed E-state index contributed by atoms with van der Waals surface area (Å²) in [5, 5.41) is 8.04. The molecule has 5 nitrogen and oxygen atoms in total. The summed E-state index contributed by atoms with van der Waals surface area (Å²) in [4.78, 5) is 16.0. The van der Waals surface area contributed by atoms with Crippen LogP contribution in [0.1, 0.15) is 16.1 Å². The molecule has 0 radical (unpaired) electrons. The average Bonchev–Trinajstić information content (AvgIpc) is 2.83. The van der Waals surface area contributed by atoms with Gasteiger partial charge in [0.15, 0.2) is 11.3 Å². The molecule has 0 aliphatic heterocycles. The lowest BCUT2D eigenvalue weighted by molar-refractivity contribution is 0.0947. The van der Waals surface area contributed by atoms with Gasteiger partial charge in [0.2, 0.25) is 5.95 Å². The maximum atomic E-state index is 13.2. The molecule has 0 saturated carbocycles. The lowest BCUT2D eigenvalue weighted by atomic mass is 10.2. The van der Waals surface area contributed by atoms with E-state index in [0.717, 1.165) is 5.56 Å². The van der Waals surface area contributed by atoms with Crippen LogP contribution in [0.5, 0.6) is 0 Å². The van der Waals surface area contributed by atoms with Crippen LogP contribution in [-0.4, -0.2) is 20.7 Å². The largest absolute Gasteiger partial charge is 0.347 e. The third-order valence-electron chi connectivity index (χ3n) is 3.23. The Labute approximate surface area is 130 Å². The van der Waals surface area contributed by atoms with Gasteiger partial charge < -0.3 is 5.32 Å². The van der Waals surface area contributed by atoms with Crippen molar-refractivity contribution in [2.45, 2.75) is 6.54 Å². The van der Waals surface area contributed by atoms with E-state index in [4.69, 9.17) is 11.6 Å². The van der Waals surface area contributed by atoms with E-state index in [0.29, 0.717) is 22.6 Å². The summed E-state index contributed by atoms with van der Waals surface area (Å²) in [6.07, 6.45) is 0. The number of halogens is 2. The number of carbonyl (C=O) groups is 1. The van der Waals surface area contributed by atoms with Gasteiger partial charge in [0.25, 0.3) is 5.91 Å². The zero-order valence-corrected chi connectivity index (χ0v) is 12.4. The van der Waals surface area contributed by atoms with Gasteiger partial charge in [-0.2, -0.15) is 14.5 Å². The first-order chi connectivity index (χ1) is 10.5. The molecule has 22 heavy (non-hydrogen) atoms. The maximum absolute atomic E-state index is 13.2. The molecule has 1 amide bonds. The van der Waals surface area contributed by atoms with Crippen LogP contribution in [0, 0.1) is 5.95 Å². The molecule has 112 valence electrons. The highest BCUT2D eigenvalue weighted by atomic mass is 35.5. The van der Waals surface area contributed by atoms with Gasteiger partial charge in [0.05, 0.1) is 5.39 Å². The number of carbonyl (C=O) groups excluding carboxylic acids is 1. The zero-order valence-electron chi connectivity index (χ0n) is 11.7. The number of benzene rings is 1. The second kappa shape index (κ2) is 5.73. The molecule has 1 aromatic carbocycles. The third kappa shape index (κ3) is 2.78. The van der Waals surface area contributed by atoms with Crippen LogP contribution in [0.15, 0.2) is 36.4 Å². The number of hydrogen-bond acceptors (Lipinski definition) is 3. The van der Waals surface area contributed by atoms with E-state index >= 15 is 0 Å². The van der Waals surface area contributed by atoms with E-state index in [1.165, 1.54) is 16.8 Å². The van der Waals surface area contributed by atoms with Crippen LogP contribution < -0.4 is 5.32 Å². The Bertz CT molecular complexity index is 845. The fraction of sp³-hybridized carbons (Fsp3) is 0.133. The van der Waals surface area contributed by atoms with Crippen molar-refractivity contribution in [2.75, 3.05) is 0 Å². The Morgan fingerprint density at radius 3 is 2.73 bits per heavy atom. The molecule has 0 fully saturated rings. The maximum Gasteiger partial charge on any atom is 0.272 e. The number of hydrogen-bond donors (Lipinski definition) is 1. The molecule has 0 bridgehead atoms. The number of rotatable bonds is 3. The molecule has 3 aromatic rings. The molecule has 0 unspecified atom stereocenters. The number of pyridine rings is 1. The smallest absolute Gasteiger partial charge is 0.272 e. The second-order valence-electron chi connectivity index (χ2n) is 4.79. The van der Waals surface area contributed by atoms with Crippen molar-refractivity contribution >= 4 is 28.5 Å². The standard InChI is InChI=1S/C15H12ClFN4O/c1-21-14-11(6-7-12(17)19-14)13(20-21)15(22)18-8-9-2-4-10(16)5-3-9/h2-7H,8H2,1H3,(H,18,22). The Hall–Kier alpha value is -2.47. The summed E-state index contributed by atoms with van der Waals surface area (Å²) in [7, 11) is 1.62. The Balaban J connectivity index is 1.82. The van der Waals surface area contributed by atoms with Gasteiger partial charge in [-0.25, -0.2) is 4.68 Å². The molecule has 0 aliphatic rings. The topological polar surface area (TPSA) is 59.8 Å². The predicted molar refractivity (Wildman–Crippen MR) is 81.1 cm³/mol. The van der Waals surface area contributed by atoms with E-state index in [2.05, 4.69) is 15.4 Å². The molecular weight excluding hydrogens is 307 g/mol. The van der Waals surface area contributed by atoms with Crippen LogP contribution in [0.4, 0.5) is 4.39 Å². The van der Waals surface area contributed by atoms with Gasteiger partial charge >= 0.3 is 0 Å². The van der Waals surface area contributed by atoms with Gasteiger partial charge in [-0.3, -0.25) is 4.79 Å². The zero-order chi connectivity index (χ0) is 15.7. The third-order valence-corrected chi connectivity index (χ3v) is 3.49. The van der Waals surface area contributed by atoms with Gasteiger partial charge in [0.1, 0.15) is 0 Å². The van der Waals surface area contributed by atoms with Crippen molar-refractivity contribution in [3.8, 4) is 0 Å². The summed E-state index contributed by atoms with van der Waals surface area (Å²) in [5.41, 5.74) is 1.47. The fourth-order valence-electron chi connectivity index (χ4n) is 2.14. The summed E-state index contributed by atoms with van der Waals surface area (Å²) in [5.74, 6) is -0.947.